The van der Waals surface area contributed by atoms with Gasteiger partial charge in [0.2, 0.25) is 0 Å². The summed E-state index contributed by atoms with van der Waals surface area (Å²) in [6.07, 6.45) is 2.56. The summed E-state index contributed by atoms with van der Waals surface area (Å²) in [5.74, 6) is -0.0968. The van der Waals surface area contributed by atoms with Crippen molar-refractivity contribution in [1.82, 2.24) is 0 Å². The molecule has 26 heavy (non-hydrogen) atoms. The quantitative estimate of drug-likeness (QED) is 0.892. The van der Waals surface area contributed by atoms with Gasteiger partial charge in [-0.05, 0) is 61.4 Å². The maximum Gasteiger partial charge on any atom is 0.255 e. The van der Waals surface area contributed by atoms with Gasteiger partial charge < -0.3 is 19.9 Å². The maximum atomic E-state index is 12.4. The number of ether oxygens (including phenoxy) is 1. The molecule has 5 nitrogen and oxygen atoms in total. The van der Waals surface area contributed by atoms with E-state index in [4.69, 9.17) is 4.74 Å². The molecule has 2 aromatic rings. The standard InChI is InChI=1S/C21H27N3O2/c1-23(2)18-10-6-16(7-11-18)21(25)22-17-8-12-19(13-9-17)24-14-4-5-20(15-24)26-3/h6-13,20H,4-5,14-15H2,1-3H3,(H,22,25). The number of anilines is 3. The molecule has 5 heteroatoms. The van der Waals surface area contributed by atoms with Gasteiger partial charge in [0.15, 0.2) is 0 Å². The monoisotopic (exact) mass is 353 g/mol. The first-order chi connectivity index (χ1) is 12.6. The number of carbonyl (C=O) groups is 1. The molecule has 1 unspecified atom stereocenters. The normalized spacial score (nSPS) is 17.0. The Bertz CT molecular complexity index is 726. The van der Waals surface area contributed by atoms with Gasteiger partial charge in [-0.3, -0.25) is 4.79 Å². The van der Waals surface area contributed by atoms with E-state index in [0.29, 0.717) is 11.7 Å². The van der Waals surface area contributed by atoms with Crippen LogP contribution in [0.1, 0.15) is 23.2 Å². The van der Waals surface area contributed by atoms with E-state index >= 15 is 0 Å². The molecule has 2 aromatic carbocycles. The Hall–Kier alpha value is -2.53. The van der Waals surface area contributed by atoms with Crippen molar-refractivity contribution in [2.45, 2.75) is 18.9 Å². The molecule has 1 aliphatic heterocycles. The van der Waals surface area contributed by atoms with Crippen molar-refractivity contribution in [3.8, 4) is 0 Å². The number of piperidine rings is 1. The Morgan fingerprint density at radius 1 is 1.12 bits per heavy atom. The van der Waals surface area contributed by atoms with Crippen molar-refractivity contribution in [2.75, 3.05) is 49.4 Å². The first kappa shape index (κ1) is 18.3. The van der Waals surface area contributed by atoms with Crippen molar-refractivity contribution in [3.63, 3.8) is 0 Å². The van der Waals surface area contributed by atoms with E-state index in [0.717, 1.165) is 37.3 Å². The van der Waals surface area contributed by atoms with Gasteiger partial charge in [0.1, 0.15) is 0 Å². The lowest BCUT2D eigenvalue weighted by atomic mass is 10.1. The van der Waals surface area contributed by atoms with E-state index in [-0.39, 0.29) is 5.91 Å². The van der Waals surface area contributed by atoms with Crippen molar-refractivity contribution >= 4 is 23.0 Å². The molecule has 0 spiro atoms. The van der Waals surface area contributed by atoms with E-state index in [1.54, 1.807) is 7.11 Å². The number of amides is 1. The highest BCUT2D eigenvalue weighted by Gasteiger charge is 2.19. The van der Waals surface area contributed by atoms with Gasteiger partial charge in [-0.1, -0.05) is 0 Å². The van der Waals surface area contributed by atoms with Gasteiger partial charge in [-0.2, -0.15) is 0 Å². The largest absolute Gasteiger partial charge is 0.380 e. The van der Waals surface area contributed by atoms with E-state index in [9.17, 15) is 4.79 Å². The van der Waals surface area contributed by atoms with Crippen LogP contribution in [0, 0.1) is 0 Å². The fraction of sp³-hybridized carbons (Fsp3) is 0.381. The van der Waals surface area contributed by atoms with Crippen LogP contribution in [0.25, 0.3) is 0 Å². The summed E-state index contributed by atoms with van der Waals surface area (Å²) >= 11 is 0. The van der Waals surface area contributed by atoms with Crippen LogP contribution in [0.15, 0.2) is 48.5 Å². The van der Waals surface area contributed by atoms with Crippen molar-refractivity contribution in [1.29, 1.82) is 0 Å². The summed E-state index contributed by atoms with van der Waals surface area (Å²) in [5, 5.41) is 2.96. The van der Waals surface area contributed by atoms with Crippen molar-refractivity contribution < 1.29 is 9.53 Å². The molecule has 0 aliphatic carbocycles. The molecule has 3 rings (SSSR count). The third-order valence-corrected chi connectivity index (χ3v) is 4.85. The summed E-state index contributed by atoms with van der Waals surface area (Å²) in [5.41, 5.74) is 3.69. The minimum Gasteiger partial charge on any atom is -0.380 e. The topological polar surface area (TPSA) is 44.8 Å². The Labute approximate surface area is 155 Å². The number of rotatable bonds is 5. The first-order valence-corrected chi connectivity index (χ1v) is 9.03. The highest BCUT2D eigenvalue weighted by Crippen LogP contribution is 2.23. The molecule has 1 fully saturated rings. The van der Waals surface area contributed by atoms with Crippen molar-refractivity contribution in [2.24, 2.45) is 0 Å². The lowest BCUT2D eigenvalue weighted by molar-refractivity contribution is 0.0893. The number of hydrogen-bond donors (Lipinski definition) is 1. The van der Waals surface area contributed by atoms with Crippen LogP contribution in [0.2, 0.25) is 0 Å². The average Bonchev–Trinajstić information content (AvgIpc) is 2.68. The van der Waals surface area contributed by atoms with E-state index in [2.05, 4.69) is 22.3 Å². The first-order valence-electron chi connectivity index (χ1n) is 9.03. The maximum absolute atomic E-state index is 12.4. The van der Waals surface area contributed by atoms with Crippen LogP contribution < -0.4 is 15.1 Å². The summed E-state index contributed by atoms with van der Waals surface area (Å²) in [7, 11) is 5.74. The SMILES string of the molecule is COC1CCCN(c2ccc(NC(=O)c3ccc(N(C)C)cc3)cc2)C1. The number of carbonyl (C=O) groups excluding carboxylic acids is 1. The molecule has 138 valence electrons. The molecule has 0 bridgehead atoms. The minimum absolute atomic E-state index is 0.0968. The minimum atomic E-state index is -0.0968. The van der Waals surface area contributed by atoms with Gasteiger partial charge in [-0.25, -0.2) is 0 Å². The predicted octanol–water partition coefficient (Wildman–Crippen LogP) is 3.62. The number of hydrogen-bond acceptors (Lipinski definition) is 4. The molecule has 1 amide bonds. The van der Waals surface area contributed by atoms with Crippen LogP contribution in [-0.4, -0.2) is 46.3 Å². The molecule has 0 saturated carbocycles. The summed E-state index contributed by atoms with van der Waals surface area (Å²) in [6.45, 7) is 1.96. The van der Waals surface area contributed by atoms with E-state index < -0.39 is 0 Å². The number of nitrogens with zero attached hydrogens (tertiary/aromatic N) is 2. The second kappa shape index (κ2) is 8.23. The average molecular weight is 353 g/mol. The summed E-state index contributed by atoms with van der Waals surface area (Å²) in [4.78, 5) is 16.8. The fourth-order valence-corrected chi connectivity index (χ4v) is 3.23. The van der Waals surface area contributed by atoms with Crippen LogP contribution in [0.3, 0.4) is 0 Å². The number of nitrogens with one attached hydrogen (secondary N) is 1. The Kier molecular flexibility index (Phi) is 5.78. The van der Waals surface area contributed by atoms with Gasteiger partial charge in [0, 0.05) is 56.9 Å². The van der Waals surface area contributed by atoms with Crippen LogP contribution in [0.5, 0.6) is 0 Å². The van der Waals surface area contributed by atoms with E-state index in [1.807, 2.05) is 55.4 Å². The zero-order valence-electron chi connectivity index (χ0n) is 15.7. The Balaban J connectivity index is 1.62. The Morgan fingerprint density at radius 2 is 1.81 bits per heavy atom. The zero-order valence-corrected chi connectivity index (χ0v) is 15.7. The van der Waals surface area contributed by atoms with Crippen molar-refractivity contribution in [3.05, 3.63) is 54.1 Å². The van der Waals surface area contributed by atoms with Gasteiger partial charge >= 0.3 is 0 Å². The van der Waals surface area contributed by atoms with Gasteiger partial charge in [-0.15, -0.1) is 0 Å². The summed E-state index contributed by atoms with van der Waals surface area (Å²) in [6, 6.07) is 15.6. The summed E-state index contributed by atoms with van der Waals surface area (Å²) < 4.78 is 5.49. The van der Waals surface area contributed by atoms with E-state index in [1.165, 1.54) is 5.69 Å². The third-order valence-electron chi connectivity index (χ3n) is 4.85. The predicted molar refractivity (Wildman–Crippen MR) is 107 cm³/mol. The fourth-order valence-electron chi connectivity index (χ4n) is 3.23. The molecule has 0 radical (unpaired) electrons. The third kappa shape index (κ3) is 4.35. The molecule has 1 aliphatic rings. The number of methoxy groups -OCH3 is 1. The second-order valence-electron chi connectivity index (χ2n) is 6.89. The number of benzene rings is 2. The highest BCUT2D eigenvalue weighted by atomic mass is 16.5. The van der Waals surface area contributed by atoms with Gasteiger partial charge in [0.05, 0.1) is 6.10 Å². The lowest BCUT2D eigenvalue weighted by Gasteiger charge is -2.33. The molecule has 1 N–H and O–H groups in total. The van der Waals surface area contributed by atoms with Gasteiger partial charge in [0.25, 0.3) is 5.91 Å². The van der Waals surface area contributed by atoms with Crippen LogP contribution >= 0.6 is 0 Å². The molecule has 1 atom stereocenters. The smallest absolute Gasteiger partial charge is 0.255 e. The molecule has 0 aromatic heterocycles. The highest BCUT2D eigenvalue weighted by molar-refractivity contribution is 6.04. The lowest BCUT2D eigenvalue weighted by Crippen LogP contribution is -2.39. The zero-order chi connectivity index (χ0) is 18.5. The molecule has 1 saturated heterocycles. The van der Waals surface area contributed by atoms with Crippen LogP contribution in [0.4, 0.5) is 17.1 Å². The molecule has 1 heterocycles. The van der Waals surface area contributed by atoms with Crippen LogP contribution in [-0.2, 0) is 4.74 Å². The Morgan fingerprint density at radius 3 is 2.42 bits per heavy atom. The molecular weight excluding hydrogens is 326 g/mol. The molecular formula is C21H27N3O2. The second-order valence-corrected chi connectivity index (χ2v) is 6.89.